The van der Waals surface area contributed by atoms with Crippen LogP contribution in [0.3, 0.4) is 0 Å². The van der Waals surface area contributed by atoms with E-state index in [0.717, 1.165) is 46.0 Å². The topological polar surface area (TPSA) is 51.1 Å². The highest BCUT2D eigenvalue weighted by molar-refractivity contribution is 8.03. The number of allylic oxidation sites excluding steroid dienone is 3. The smallest absolute Gasteiger partial charge is 0.249 e. The van der Waals surface area contributed by atoms with Crippen LogP contribution in [0.4, 0.5) is 0 Å². The summed E-state index contributed by atoms with van der Waals surface area (Å²) in [5, 5.41) is 1.24. The van der Waals surface area contributed by atoms with Gasteiger partial charge in [-0.2, -0.15) is 0 Å². The van der Waals surface area contributed by atoms with Gasteiger partial charge in [-0.05, 0) is 31.0 Å². The quantitative estimate of drug-likeness (QED) is 0.398. The summed E-state index contributed by atoms with van der Waals surface area (Å²) >= 11 is 1.74. The lowest BCUT2D eigenvalue weighted by Gasteiger charge is -2.13. The fourth-order valence-electron chi connectivity index (χ4n) is 3.29. The van der Waals surface area contributed by atoms with Crippen LogP contribution in [-0.4, -0.2) is 37.9 Å². The number of thioether (sulfide) groups is 1. The summed E-state index contributed by atoms with van der Waals surface area (Å²) in [6.45, 7) is 2.12. The molecule has 0 atom stereocenters. The maximum atomic E-state index is 11.9. The van der Waals surface area contributed by atoms with Gasteiger partial charge in [-0.25, -0.2) is 5.06 Å². The standard InChI is InChI=1S/C25H28N2O3S/c1-5-20-23(16-10-11-17-24(28)27(2)30-4)31-22-15-9-7-13-19(22)25(26-20)18-12-6-8-14-21(18)29-3/h6-15H,5,16-17H2,1-4H3/b11-10-. The number of amides is 1. The zero-order valence-corrected chi connectivity index (χ0v) is 19.2. The highest BCUT2D eigenvalue weighted by Gasteiger charge is 2.21. The molecular formula is C25H28N2O3S. The molecule has 2 aromatic rings. The highest BCUT2D eigenvalue weighted by atomic mass is 32.2. The third-order valence-corrected chi connectivity index (χ3v) is 6.25. The summed E-state index contributed by atoms with van der Waals surface area (Å²) in [5.74, 6) is 0.722. The average molecular weight is 437 g/mol. The van der Waals surface area contributed by atoms with E-state index in [4.69, 9.17) is 14.6 Å². The van der Waals surface area contributed by atoms with Crippen LogP contribution in [0.1, 0.15) is 37.3 Å². The Morgan fingerprint density at radius 2 is 1.77 bits per heavy atom. The molecule has 0 aliphatic carbocycles. The normalized spacial score (nSPS) is 13.6. The molecule has 0 spiro atoms. The number of carbonyl (C=O) groups is 1. The lowest BCUT2D eigenvalue weighted by molar-refractivity contribution is -0.167. The molecule has 3 rings (SSSR count). The molecule has 0 saturated carbocycles. The minimum atomic E-state index is -0.0845. The molecular weight excluding hydrogens is 408 g/mol. The Balaban J connectivity index is 1.97. The number of ether oxygens (including phenoxy) is 1. The number of hydrogen-bond donors (Lipinski definition) is 0. The lowest BCUT2D eigenvalue weighted by atomic mass is 10.0. The first-order chi connectivity index (χ1) is 15.1. The van der Waals surface area contributed by atoms with E-state index in [0.29, 0.717) is 6.42 Å². The van der Waals surface area contributed by atoms with Crippen molar-refractivity contribution >= 4 is 23.4 Å². The molecule has 2 aromatic carbocycles. The Morgan fingerprint density at radius 3 is 2.48 bits per heavy atom. The van der Waals surface area contributed by atoms with E-state index in [1.54, 1.807) is 25.9 Å². The number of carbonyl (C=O) groups excluding carboxylic acids is 1. The van der Waals surface area contributed by atoms with Crippen LogP contribution < -0.4 is 4.74 Å². The molecule has 0 unspecified atom stereocenters. The molecule has 31 heavy (non-hydrogen) atoms. The molecule has 0 N–H and O–H groups in total. The van der Waals surface area contributed by atoms with Crippen molar-refractivity contribution in [3.63, 3.8) is 0 Å². The zero-order valence-electron chi connectivity index (χ0n) is 18.4. The van der Waals surface area contributed by atoms with Crippen molar-refractivity contribution in [2.24, 2.45) is 4.99 Å². The Hall–Kier alpha value is -2.83. The third-order valence-electron chi connectivity index (χ3n) is 5.03. The maximum Gasteiger partial charge on any atom is 0.249 e. The van der Waals surface area contributed by atoms with Gasteiger partial charge in [-0.3, -0.25) is 14.6 Å². The van der Waals surface area contributed by atoms with E-state index in [1.165, 1.54) is 17.1 Å². The predicted octanol–water partition coefficient (Wildman–Crippen LogP) is 5.62. The first-order valence-electron chi connectivity index (χ1n) is 10.3. The number of fused-ring (bicyclic) bond motifs is 1. The van der Waals surface area contributed by atoms with Gasteiger partial charge in [0, 0.05) is 34.4 Å². The van der Waals surface area contributed by atoms with E-state index in [9.17, 15) is 4.79 Å². The van der Waals surface area contributed by atoms with Crippen molar-refractivity contribution < 1.29 is 14.4 Å². The van der Waals surface area contributed by atoms with Gasteiger partial charge in [0.05, 0.1) is 25.6 Å². The Kier molecular flexibility index (Phi) is 8.09. The second-order valence-corrected chi connectivity index (χ2v) is 8.07. The van der Waals surface area contributed by atoms with Gasteiger partial charge in [-0.1, -0.05) is 61.2 Å². The van der Waals surface area contributed by atoms with Crippen LogP contribution in [0, 0.1) is 0 Å². The maximum absolute atomic E-state index is 11.9. The van der Waals surface area contributed by atoms with Crippen LogP contribution in [0.15, 0.2) is 81.2 Å². The highest BCUT2D eigenvalue weighted by Crippen LogP contribution is 2.40. The number of aliphatic imine (C=N–C) groups is 1. The van der Waals surface area contributed by atoms with Crippen LogP contribution >= 0.6 is 11.8 Å². The average Bonchev–Trinajstić information content (AvgIpc) is 2.97. The largest absolute Gasteiger partial charge is 0.496 e. The van der Waals surface area contributed by atoms with Gasteiger partial charge in [0.15, 0.2) is 0 Å². The van der Waals surface area contributed by atoms with Gasteiger partial charge in [0.1, 0.15) is 5.75 Å². The number of methoxy groups -OCH3 is 1. The summed E-state index contributed by atoms with van der Waals surface area (Å²) in [4.78, 5) is 24.3. The molecule has 1 amide bonds. The summed E-state index contributed by atoms with van der Waals surface area (Å²) in [7, 11) is 4.78. The van der Waals surface area contributed by atoms with E-state index in [1.807, 2.05) is 36.4 Å². The van der Waals surface area contributed by atoms with Gasteiger partial charge >= 0.3 is 0 Å². The van der Waals surface area contributed by atoms with Crippen molar-refractivity contribution in [3.8, 4) is 5.75 Å². The van der Waals surface area contributed by atoms with Gasteiger partial charge in [0.2, 0.25) is 5.91 Å². The van der Waals surface area contributed by atoms with Gasteiger partial charge in [0.25, 0.3) is 0 Å². The zero-order chi connectivity index (χ0) is 22.2. The van der Waals surface area contributed by atoms with Crippen molar-refractivity contribution in [3.05, 3.63) is 82.4 Å². The van der Waals surface area contributed by atoms with Crippen molar-refractivity contribution in [1.29, 1.82) is 0 Å². The molecule has 0 bridgehead atoms. The summed E-state index contributed by atoms with van der Waals surface area (Å²) < 4.78 is 5.62. The number of hydroxylamine groups is 2. The van der Waals surface area contributed by atoms with Crippen LogP contribution in [0.25, 0.3) is 0 Å². The minimum absolute atomic E-state index is 0.0845. The molecule has 0 radical (unpaired) electrons. The van der Waals surface area contributed by atoms with E-state index < -0.39 is 0 Å². The molecule has 5 nitrogen and oxygen atoms in total. The van der Waals surface area contributed by atoms with Crippen molar-refractivity contribution in [1.82, 2.24) is 5.06 Å². The molecule has 1 heterocycles. The summed E-state index contributed by atoms with van der Waals surface area (Å²) in [5.41, 5.74) is 4.05. The SMILES string of the molecule is CCC1=C(C/C=C\CC(=O)N(C)OC)Sc2ccccc2C(c2ccccc2OC)=N1. The lowest BCUT2D eigenvalue weighted by Crippen LogP contribution is -2.24. The molecule has 1 aliphatic rings. The fraction of sp³-hybridized carbons (Fsp3) is 0.280. The second kappa shape index (κ2) is 11.0. The second-order valence-electron chi connectivity index (χ2n) is 6.94. The molecule has 162 valence electrons. The Labute approximate surface area is 188 Å². The van der Waals surface area contributed by atoms with Crippen molar-refractivity contribution in [2.45, 2.75) is 31.1 Å². The van der Waals surface area contributed by atoms with Gasteiger partial charge in [-0.15, -0.1) is 0 Å². The van der Waals surface area contributed by atoms with Crippen LogP contribution in [-0.2, 0) is 9.63 Å². The first-order valence-corrected chi connectivity index (χ1v) is 11.1. The Morgan fingerprint density at radius 1 is 1.06 bits per heavy atom. The van der Waals surface area contributed by atoms with E-state index in [-0.39, 0.29) is 5.91 Å². The Bertz CT molecular complexity index is 1030. The number of hydrogen-bond acceptors (Lipinski definition) is 5. The molecule has 0 aromatic heterocycles. The van der Waals surface area contributed by atoms with Crippen molar-refractivity contribution in [2.75, 3.05) is 21.3 Å². The predicted molar refractivity (Wildman–Crippen MR) is 126 cm³/mol. The summed E-state index contributed by atoms with van der Waals surface area (Å²) in [6, 6.07) is 16.3. The fourth-order valence-corrected chi connectivity index (χ4v) is 4.46. The van der Waals surface area contributed by atoms with E-state index >= 15 is 0 Å². The minimum Gasteiger partial charge on any atom is -0.496 e. The molecule has 1 aliphatic heterocycles. The number of nitrogens with zero attached hydrogens (tertiary/aromatic N) is 2. The number of rotatable bonds is 8. The number of benzene rings is 2. The number of para-hydroxylation sites is 1. The van der Waals surface area contributed by atoms with Crippen LogP contribution in [0.5, 0.6) is 5.75 Å². The van der Waals surface area contributed by atoms with Gasteiger partial charge < -0.3 is 4.74 Å². The first kappa shape index (κ1) is 22.8. The molecule has 0 saturated heterocycles. The molecule has 6 heteroatoms. The molecule has 0 fully saturated rings. The third kappa shape index (κ3) is 5.46. The van der Waals surface area contributed by atoms with E-state index in [2.05, 4.69) is 31.2 Å². The summed E-state index contributed by atoms with van der Waals surface area (Å²) in [6.07, 6.45) is 5.75. The van der Waals surface area contributed by atoms with Crippen LogP contribution in [0.2, 0.25) is 0 Å². The monoisotopic (exact) mass is 436 g/mol.